The van der Waals surface area contributed by atoms with E-state index in [1.165, 1.54) is 12.1 Å². The fraction of sp³-hybridized carbons (Fsp3) is 0.688. The molecule has 2 rings (SSSR count). The SMILES string of the molecule is COCCCCCn1ccc2c1CC(C)(C)CC2=O. The molecular weight excluding hydrogens is 238 g/mol. The van der Waals surface area contributed by atoms with E-state index in [-0.39, 0.29) is 5.41 Å². The first-order valence-corrected chi connectivity index (χ1v) is 7.24. The molecular formula is C16H25NO2. The molecule has 0 spiro atoms. The molecule has 0 amide bonds. The molecule has 1 heterocycles. The number of hydrogen-bond acceptors (Lipinski definition) is 2. The maximum Gasteiger partial charge on any atom is 0.165 e. The van der Waals surface area contributed by atoms with Gasteiger partial charge >= 0.3 is 0 Å². The first-order valence-electron chi connectivity index (χ1n) is 7.24. The highest BCUT2D eigenvalue weighted by Crippen LogP contribution is 2.35. The van der Waals surface area contributed by atoms with Crippen LogP contribution >= 0.6 is 0 Å². The fourth-order valence-electron chi connectivity index (χ4n) is 2.92. The zero-order valence-electron chi connectivity index (χ0n) is 12.4. The first kappa shape index (κ1) is 14.3. The number of hydrogen-bond donors (Lipinski definition) is 0. The van der Waals surface area contributed by atoms with Crippen molar-refractivity contribution in [2.45, 2.75) is 52.5 Å². The lowest BCUT2D eigenvalue weighted by atomic mass is 9.76. The number of fused-ring (bicyclic) bond motifs is 1. The summed E-state index contributed by atoms with van der Waals surface area (Å²) in [6.45, 7) is 6.23. The van der Waals surface area contributed by atoms with Gasteiger partial charge in [-0.2, -0.15) is 0 Å². The molecule has 0 aromatic carbocycles. The second-order valence-corrected chi connectivity index (χ2v) is 6.36. The van der Waals surface area contributed by atoms with E-state index in [1.807, 2.05) is 6.07 Å². The summed E-state index contributed by atoms with van der Waals surface area (Å²) in [5.74, 6) is 0.310. The van der Waals surface area contributed by atoms with Gasteiger partial charge in [-0.15, -0.1) is 0 Å². The van der Waals surface area contributed by atoms with Gasteiger partial charge in [-0.3, -0.25) is 4.79 Å². The molecule has 1 aromatic heterocycles. The van der Waals surface area contributed by atoms with Crippen molar-refractivity contribution in [1.82, 2.24) is 4.57 Å². The van der Waals surface area contributed by atoms with Gasteiger partial charge in [-0.05, 0) is 37.2 Å². The number of carbonyl (C=O) groups is 1. The van der Waals surface area contributed by atoms with E-state index in [1.54, 1.807) is 7.11 Å². The summed E-state index contributed by atoms with van der Waals surface area (Å²) in [6.07, 6.45) is 7.22. The van der Waals surface area contributed by atoms with Crippen LogP contribution in [0.15, 0.2) is 12.3 Å². The Morgan fingerprint density at radius 2 is 2.05 bits per heavy atom. The highest BCUT2D eigenvalue weighted by Gasteiger charge is 2.32. The predicted octanol–water partition coefficient (Wildman–Crippen LogP) is 3.46. The minimum absolute atomic E-state index is 0.107. The normalized spacial score (nSPS) is 17.5. The number of nitrogens with zero attached hydrogens (tertiary/aromatic N) is 1. The largest absolute Gasteiger partial charge is 0.385 e. The molecule has 3 nitrogen and oxygen atoms in total. The number of aryl methyl sites for hydroxylation is 1. The Kier molecular flexibility index (Phi) is 4.46. The van der Waals surface area contributed by atoms with E-state index in [2.05, 4.69) is 24.6 Å². The highest BCUT2D eigenvalue weighted by atomic mass is 16.5. The molecule has 19 heavy (non-hydrogen) atoms. The van der Waals surface area contributed by atoms with Gasteiger partial charge in [0.1, 0.15) is 0 Å². The Hall–Kier alpha value is -1.09. The van der Waals surface area contributed by atoms with Crippen molar-refractivity contribution in [3.05, 3.63) is 23.5 Å². The average molecular weight is 263 g/mol. The van der Waals surface area contributed by atoms with Gasteiger partial charge in [0.2, 0.25) is 0 Å². The maximum atomic E-state index is 12.1. The van der Waals surface area contributed by atoms with Crippen molar-refractivity contribution in [3.63, 3.8) is 0 Å². The molecule has 0 bridgehead atoms. The predicted molar refractivity (Wildman–Crippen MR) is 76.6 cm³/mol. The maximum absolute atomic E-state index is 12.1. The second kappa shape index (κ2) is 5.91. The van der Waals surface area contributed by atoms with Crippen LogP contribution in [0.4, 0.5) is 0 Å². The Morgan fingerprint density at radius 3 is 2.79 bits per heavy atom. The summed E-state index contributed by atoms with van der Waals surface area (Å²) in [7, 11) is 1.75. The third-order valence-electron chi connectivity index (χ3n) is 3.91. The number of aromatic nitrogens is 1. The minimum Gasteiger partial charge on any atom is -0.385 e. The smallest absolute Gasteiger partial charge is 0.165 e. The Morgan fingerprint density at radius 1 is 1.26 bits per heavy atom. The van der Waals surface area contributed by atoms with Crippen molar-refractivity contribution < 1.29 is 9.53 Å². The molecule has 1 aliphatic carbocycles. The van der Waals surface area contributed by atoms with Gasteiger partial charge in [0.15, 0.2) is 5.78 Å². The number of Topliss-reactive ketones (excluding diaryl/α,β-unsaturated/α-hetero) is 1. The van der Waals surface area contributed by atoms with Crippen LogP contribution in [0.5, 0.6) is 0 Å². The van der Waals surface area contributed by atoms with Gasteiger partial charge in [0.05, 0.1) is 0 Å². The molecule has 0 atom stereocenters. The molecule has 1 aliphatic rings. The van der Waals surface area contributed by atoms with Crippen molar-refractivity contribution in [2.75, 3.05) is 13.7 Å². The number of unbranched alkanes of at least 4 members (excludes halogenated alkanes) is 2. The molecule has 1 aromatic rings. The molecule has 0 aliphatic heterocycles. The van der Waals surface area contributed by atoms with E-state index in [0.717, 1.165) is 38.0 Å². The molecule has 0 saturated heterocycles. The van der Waals surface area contributed by atoms with Gasteiger partial charge in [-0.1, -0.05) is 13.8 Å². The standard InChI is InChI=1S/C16H25NO2/c1-16(2)11-14-13(15(18)12-16)7-9-17(14)8-5-4-6-10-19-3/h7,9H,4-6,8,10-12H2,1-3H3. The zero-order chi connectivity index (χ0) is 13.9. The average Bonchev–Trinajstić information content (AvgIpc) is 2.71. The van der Waals surface area contributed by atoms with E-state index >= 15 is 0 Å². The van der Waals surface area contributed by atoms with Gasteiger partial charge in [-0.25, -0.2) is 0 Å². The van der Waals surface area contributed by atoms with Crippen LogP contribution in [0.1, 0.15) is 55.6 Å². The summed E-state index contributed by atoms with van der Waals surface area (Å²) in [6, 6.07) is 2.00. The number of carbonyl (C=O) groups excluding carboxylic acids is 1. The molecule has 0 radical (unpaired) electrons. The molecule has 0 fully saturated rings. The van der Waals surface area contributed by atoms with Crippen LogP contribution in [-0.4, -0.2) is 24.1 Å². The van der Waals surface area contributed by atoms with Gasteiger partial charge < -0.3 is 9.30 Å². The summed E-state index contributed by atoms with van der Waals surface area (Å²) < 4.78 is 7.34. The summed E-state index contributed by atoms with van der Waals surface area (Å²) in [5.41, 5.74) is 2.31. The summed E-state index contributed by atoms with van der Waals surface area (Å²) in [5, 5.41) is 0. The second-order valence-electron chi connectivity index (χ2n) is 6.36. The molecule has 0 unspecified atom stereocenters. The van der Waals surface area contributed by atoms with Crippen molar-refractivity contribution in [3.8, 4) is 0 Å². The van der Waals surface area contributed by atoms with Crippen LogP contribution in [-0.2, 0) is 17.7 Å². The lowest BCUT2D eigenvalue weighted by Crippen LogP contribution is -2.28. The van der Waals surface area contributed by atoms with Crippen molar-refractivity contribution in [1.29, 1.82) is 0 Å². The third-order valence-corrected chi connectivity index (χ3v) is 3.91. The lowest BCUT2D eigenvalue weighted by molar-refractivity contribution is 0.0910. The van der Waals surface area contributed by atoms with Crippen LogP contribution in [0.25, 0.3) is 0 Å². The third kappa shape index (κ3) is 3.47. The number of ether oxygens (including phenoxy) is 1. The highest BCUT2D eigenvalue weighted by molar-refractivity contribution is 5.98. The fourth-order valence-corrected chi connectivity index (χ4v) is 2.92. The summed E-state index contributed by atoms with van der Waals surface area (Å²) in [4.78, 5) is 12.1. The van der Waals surface area contributed by atoms with E-state index < -0.39 is 0 Å². The van der Waals surface area contributed by atoms with Crippen LogP contribution in [0.3, 0.4) is 0 Å². The van der Waals surface area contributed by atoms with E-state index in [0.29, 0.717) is 12.2 Å². The Balaban J connectivity index is 1.98. The molecule has 0 N–H and O–H groups in total. The Labute approximate surface area is 115 Å². The van der Waals surface area contributed by atoms with Gasteiger partial charge in [0.25, 0.3) is 0 Å². The topological polar surface area (TPSA) is 31.2 Å². The van der Waals surface area contributed by atoms with Crippen LogP contribution in [0.2, 0.25) is 0 Å². The molecule has 3 heteroatoms. The van der Waals surface area contributed by atoms with Crippen molar-refractivity contribution >= 4 is 5.78 Å². The molecule has 106 valence electrons. The number of methoxy groups -OCH3 is 1. The van der Waals surface area contributed by atoms with E-state index in [9.17, 15) is 4.79 Å². The number of rotatable bonds is 6. The van der Waals surface area contributed by atoms with Crippen LogP contribution in [0, 0.1) is 5.41 Å². The van der Waals surface area contributed by atoms with Gasteiger partial charge in [0, 0.05) is 44.1 Å². The number of ketones is 1. The Bertz CT molecular complexity index is 446. The monoisotopic (exact) mass is 263 g/mol. The van der Waals surface area contributed by atoms with Crippen molar-refractivity contribution in [2.24, 2.45) is 5.41 Å². The zero-order valence-corrected chi connectivity index (χ0v) is 12.4. The summed E-state index contributed by atoms with van der Waals surface area (Å²) >= 11 is 0. The first-order chi connectivity index (χ1) is 9.03. The minimum atomic E-state index is 0.107. The quantitative estimate of drug-likeness (QED) is 0.736. The van der Waals surface area contributed by atoms with Crippen LogP contribution < -0.4 is 0 Å². The lowest BCUT2D eigenvalue weighted by Gasteiger charge is -2.29. The molecule has 0 saturated carbocycles. The van der Waals surface area contributed by atoms with E-state index in [4.69, 9.17) is 4.74 Å².